The molecule has 1 saturated heterocycles. The molecule has 1 N–H and O–H groups in total. The second kappa shape index (κ2) is 8.86. The van der Waals surface area contributed by atoms with E-state index in [0.717, 1.165) is 32.5 Å². The summed E-state index contributed by atoms with van der Waals surface area (Å²) in [5, 5.41) is 7.47. The number of rotatable bonds is 6. The van der Waals surface area contributed by atoms with Crippen molar-refractivity contribution in [2.24, 2.45) is 0 Å². The van der Waals surface area contributed by atoms with Gasteiger partial charge in [0, 0.05) is 37.9 Å². The van der Waals surface area contributed by atoms with Gasteiger partial charge in [0.25, 0.3) is 0 Å². The summed E-state index contributed by atoms with van der Waals surface area (Å²) in [5.74, 6) is 1.53. The molecular formula is C22H32N4O2. The minimum atomic E-state index is -0.126. The third kappa shape index (κ3) is 4.98. The lowest BCUT2D eigenvalue weighted by Gasteiger charge is -2.36. The zero-order valence-corrected chi connectivity index (χ0v) is 17.5. The van der Waals surface area contributed by atoms with Crippen LogP contribution in [0, 0.1) is 0 Å². The highest BCUT2D eigenvalue weighted by molar-refractivity contribution is 5.77. The summed E-state index contributed by atoms with van der Waals surface area (Å²) >= 11 is 0. The molecule has 6 heteroatoms. The summed E-state index contributed by atoms with van der Waals surface area (Å²) in [6, 6.07) is 8.74. The van der Waals surface area contributed by atoms with Crippen molar-refractivity contribution in [1.82, 2.24) is 20.4 Å². The fourth-order valence-electron chi connectivity index (χ4n) is 3.47. The molecule has 152 valence electrons. The van der Waals surface area contributed by atoms with E-state index in [1.54, 1.807) is 0 Å². The topological polar surface area (TPSA) is 71.3 Å². The van der Waals surface area contributed by atoms with Crippen LogP contribution in [0.4, 0.5) is 0 Å². The molecule has 0 spiro atoms. The summed E-state index contributed by atoms with van der Waals surface area (Å²) in [6.45, 7) is 10.7. The van der Waals surface area contributed by atoms with Crippen molar-refractivity contribution < 1.29 is 9.32 Å². The first kappa shape index (κ1) is 20.5. The van der Waals surface area contributed by atoms with E-state index in [9.17, 15) is 4.79 Å². The van der Waals surface area contributed by atoms with Gasteiger partial charge in [-0.2, -0.15) is 4.98 Å². The second-order valence-corrected chi connectivity index (χ2v) is 8.52. The van der Waals surface area contributed by atoms with Crippen molar-refractivity contribution in [3.05, 3.63) is 47.1 Å². The normalized spacial score (nSPS) is 17.7. The zero-order chi connectivity index (χ0) is 20.1. The van der Waals surface area contributed by atoms with Crippen molar-refractivity contribution in [2.75, 3.05) is 19.6 Å². The van der Waals surface area contributed by atoms with Crippen LogP contribution in [0.15, 0.2) is 28.8 Å². The van der Waals surface area contributed by atoms with Gasteiger partial charge in [-0.05, 0) is 24.0 Å². The molecule has 1 atom stereocenters. The predicted octanol–water partition coefficient (Wildman–Crippen LogP) is 3.43. The Bertz CT molecular complexity index is 777. The molecule has 3 rings (SSSR count). The number of hydrogen-bond donors (Lipinski definition) is 1. The molecule has 2 aromatic rings. The maximum absolute atomic E-state index is 12.9. The van der Waals surface area contributed by atoms with Gasteiger partial charge in [-0.1, -0.05) is 57.1 Å². The molecule has 1 amide bonds. The molecule has 0 radical (unpaired) electrons. The molecule has 28 heavy (non-hydrogen) atoms. The molecule has 1 aliphatic heterocycles. The Balaban J connectivity index is 1.57. The maximum Gasteiger partial charge on any atom is 0.226 e. The molecule has 1 fully saturated rings. The Morgan fingerprint density at radius 2 is 2.04 bits per heavy atom. The van der Waals surface area contributed by atoms with E-state index in [4.69, 9.17) is 4.52 Å². The Kier molecular flexibility index (Phi) is 6.50. The van der Waals surface area contributed by atoms with Crippen LogP contribution in [0.1, 0.15) is 69.4 Å². The lowest BCUT2D eigenvalue weighted by Crippen LogP contribution is -2.48. The van der Waals surface area contributed by atoms with Gasteiger partial charge in [-0.25, -0.2) is 0 Å². The van der Waals surface area contributed by atoms with Crippen LogP contribution in [-0.4, -0.2) is 40.6 Å². The third-order valence-corrected chi connectivity index (χ3v) is 5.26. The van der Waals surface area contributed by atoms with Gasteiger partial charge in [0.1, 0.15) is 0 Å². The quantitative estimate of drug-likeness (QED) is 0.826. The van der Waals surface area contributed by atoms with Crippen molar-refractivity contribution >= 4 is 5.91 Å². The smallest absolute Gasteiger partial charge is 0.226 e. The largest absolute Gasteiger partial charge is 0.339 e. The van der Waals surface area contributed by atoms with Crippen LogP contribution in [0.3, 0.4) is 0 Å². The lowest BCUT2D eigenvalue weighted by molar-refractivity contribution is -0.134. The number of piperazine rings is 1. The third-order valence-electron chi connectivity index (χ3n) is 5.26. The maximum atomic E-state index is 12.9. The average molecular weight is 385 g/mol. The standard InChI is InChI=1S/C22H32N4O2/c1-5-16-9-11-17(12-10-16)18-15-23-13-14-26(18)20(27)8-6-7-19-24-21(25-28-19)22(2,3)4/h9-12,18,23H,5-8,13-15H2,1-4H3. The van der Waals surface area contributed by atoms with E-state index in [1.807, 2.05) is 4.90 Å². The molecule has 0 saturated carbocycles. The Hall–Kier alpha value is -2.21. The highest BCUT2D eigenvalue weighted by Gasteiger charge is 2.27. The predicted molar refractivity (Wildman–Crippen MR) is 109 cm³/mol. The van der Waals surface area contributed by atoms with Crippen LogP contribution in [-0.2, 0) is 23.1 Å². The highest BCUT2D eigenvalue weighted by atomic mass is 16.5. The molecule has 0 aliphatic carbocycles. The van der Waals surface area contributed by atoms with Crippen LogP contribution < -0.4 is 5.32 Å². The van der Waals surface area contributed by atoms with E-state index in [-0.39, 0.29) is 17.4 Å². The molecule has 1 aliphatic rings. The van der Waals surface area contributed by atoms with Crippen LogP contribution in [0.25, 0.3) is 0 Å². The van der Waals surface area contributed by atoms with Crippen molar-refractivity contribution in [1.29, 1.82) is 0 Å². The van der Waals surface area contributed by atoms with Gasteiger partial charge in [-0.3, -0.25) is 4.79 Å². The number of nitrogens with one attached hydrogen (secondary N) is 1. The minimum Gasteiger partial charge on any atom is -0.339 e. The first-order valence-corrected chi connectivity index (χ1v) is 10.3. The fraction of sp³-hybridized carbons (Fsp3) is 0.591. The molecule has 0 bridgehead atoms. The van der Waals surface area contributed by atoms with Crippen LogP contribution in [0.5, 0.6) is 0 Å². The first-order chi connectivity index (χ1) is 13.4. The number of carbonyl (C=O) groups is 1. The van der Waals surface area contributed by atoms with Gasteiger partial charge in [0.05, 0.1) is 6.04 Å². The summed E-state index contributed by atoms with van der Waals surface area (Å²) in [5.41, 5.74) is 2.39. The molecular weight excluding hydrogens is 352 g/mol. The Morgan fingerprint density at radius 3 is 2.68 bits per heavy atom. The summed E-state index contributed by atoms with van der Waals surface area (Å²) in [4.78, 5) is 19.4. The zero-order valence-electron chi connectivity index (χ0n) is 17.5. The SMILES string of the molecule is CCc1ccc(C2CNCCN2C(=O)CCCc2nc(C(C)(C)C)no2)cc1. The molecule has 1 aromatic carbocycles. The summed E-state index contributed by atoms with van der Waals surface area (Å²) in [7, 11) is 0. The van der Waals surface area contributed by atoms with Gasteiger partial charge >= 0.3 is 0 Å². The van der Waals surface area contributed by atoms with Crippen molar-refractivity contribution in [2.45, 2.75) is 64.8 Å². The van der Waals surface area contributed by atoms with Crippen molar-refractivity contribution in [3.8, 4) is 0 Å². The number of aromatic nitrogens is 2. The fourth-order valence-corrected chi connectivity index (χ4v) is 3.47. The number of benzene rings is 1. The second-order valence-electron chi connectivity index (χ2n) is 8.52. The minimum absolute atomic E-state index is 0.100. The molecule has 1 aromatic heterocycles. The van der Waals surface area contributed by atoms with E-state index in [2.05, 4.69) is 67.4 Å². The Labute approximate surface area is 167 Å². The van der Waals surface area contributed by atoms with E-state index >= 15 is 0 Å². The number of amides is 1. The monoisotopic (exact) mass is 384 g/mol. The van der Waals surface area contributed by atoms with Gasteiger partial charge in [0.2, 0.25) is 11.8 Å². The lowest BCUT2D eigenvalue weighted by atomic mass is 9.96. The van der Waals surface area contributed by atoms with E-state index in [1.165, 1.54) is 11.1 Å². The van der Waals surface area contributed by atoms with Crippen LogP contribution >= 0.6 is 0 Å². The van der Waals surface area contributed by atoms with Crippen molar-refractivity contribution in [3.63, 3.8) is 0 Å². The number of carbonyl (C=O) groups excluding carboxylic acids is 1. The summed E-state index contributed by atoms with van der Waals surface area (Å²) < 4.78 is 5.33. The van der Waals surface area contributed by atoms with Gasteiger partial charge in [-0.15, -0.1) is 0 Å². The highest BCUT2D eigenvalue weighted by Crippen LogP contribution is 2.24. The Morgan fingerprint density at radius 1 is 1.29 bits per heavy atom. The van der Waals surface area contributed by atoms with Crippen LogP contribution in [0.2, 0.25) is 0 Å². The van der Waals surface area contributed by atoms with Gasteiger partial charge in [0.15, 0.2) is 5.82 Å². The van der Waals surface area contributed by atoms with Gasteiger partial charge < -0.3 is 14.7 Å². The summed E-state index contributed by atoms with van der Waals surface area (Å²) in [6.07, 6.45) is 2.88. The number of nitrogens with zero attached hydrogens (tertiary/aromatic N) is 3. The number of hydrogen-bond acceptors (Lipinski definition) is 5. The molecule has 2 heterocycles. The van der Waals surface area contributed by atoms with E-state index < -0.39 is 0 Å². The molecule has 1 unspecified atom stereocenters. The number of aryl methyl sites for hydroxylation is 2. The first-order valence-electron chi connectivity index (χ1n) is 10.3. The molecule has 6 nitrogen and oxygen atoms in total. The average Bonchev–Trinajstić information content (AvgIpc) is 3.17. The van der Waals surface area contributed by atoms with E-state index in [0.29, 0.717) is 24.6 Å².